The molecule has 0 fully saturated rings. The summed E-state index contributed by atoms with van der Waals surface area (Å²) in [4.78, 5) is 19.4. The Balaban J connectivity index is 1.72. The van der Waals surface area contributed by atoms with Crippen molar-refractivity contribution in [1.82, 2.24) is 25.5 Å². The summed E-state index contributed by atoms with van der Waals surface area (Å²) in [6.07, 6.45) is 0. The maximum Gasteiger partial charge on any atom is 0.230 e. The molecule has 0 unspecified atom stereocenters. The first-order chi connectivity index (χ1) is 10.6. The first-order valence-corrected chi connectivity index (χ1v) is 8.12. The Bertz CT molecular complexity index is 814. The molecule has 22 heavy (non-hydrogen) atoms. The monoisotopic (exact) mass is 315 g/mol. The fourth-order valence-corrected chi connectivity index (χ4v) is 2.68. The van der Waals surface area contributed by atoms with Crippen LogP contribution in [0.5, 0.6) is 0 Å². The van der Waals surface area contributed by atoms with Crippen LogP contribution in [0, 0.1) is 5.92 Å². The maximum atomic E-state index is 11.7. The number of hydrogen-bond donors (Lipinski definition) is 2. The molecule has 7 heteroatoms. The van der Waals surface area contributed by atoms with Crippen molar-refractivity contribution in [3.8, 4) is 0 Å². The molecule has 3 aromatic rings. The van der Waals surface area contributed by atoms with E-state index in [4.69, 9.17) is 0 Å². The van der Waals surface area contributed by atoms with Crippen LogP contribution in [0.3, 0.4) is 0 Å². The number of amides is 1. The lowest BCUT2D eigenvalue weighted by atomic mass is 10.2. The molecule has 2 N–H and O–H groups in total. The quantitative estimate of drug-likeness (QED) is 0.706. The molecule has 0 aliphatic carbocycles. The van der Waals surface area contributed by atoms with Gasteiger partial charge in [0.15, 0.2) is 5.65 Å². The number of nitrogens with zero attached hydrogens (tertiary/aromatic N) is 3. The van der Waals surface area contributed by atoms with Gasteiger partial charge in [0.2, 0.25) is 11.1 Å². The summed E-state index contributed by atoms with van der Waals surface area (Å²) in [5, 5.41) is 12.7. The van der Waals surface area contributed by atoms with E-state index in [9.17, 15) is 4.79 Å². The normalized spacial score (nSPS) is 11.4. The van der Waals surface area contributed by atoms with Gasteiger partial charge < -0.3 is 10.3 Å². The minimum absolute atomic E-state index is 0.0148. The van der Waals surface area contributed by atoms with Gasteiger partial charge in [-0.05, 0) is 12.0 Å². The summed E-state index contributed by atoms with van der Waals surface area (Å²) in [5.41, 5.74) is 2.43. The number of aromatic nitrogens is 4. The molecule has 0 aliphatic heterocycles. The number of carbonyl (C=O) groups excluding carboxylic acids is 1. The van der Waals surface area contributed by atoms with Crippen molar-refractivity contribution < 1.29 is 4.79 Å². The van der Waals surface area contributed by atoms with Gasteiger partial charge in [-0.15, -0.1) is 10.2 Å². The Hall–Kier alpha value is -2.15. The third-order valence-electron chi connectivity index (χ3n) is 3.14. The first kappa shape index (κ1) is 14.8. The van der Waals surface area contributed by atoms with Gasteiger partial charge in [-0.3, -0.25) is 4.79 Å². The molecular formula is C15H17N5OS. The van der Waals surface area contributed by atoms with Crippen LogP contribution in [0.2, 0.25) is 0 Å². The molecule has 0 radical (unpaired) electrons. The third-order valence-corrected chi connectivity index (χ3v) is 3.98. The van der Waals surface area contributed by atoms with Crippen LogP contribution in [0.4, 0.5) is 0 Å². The largest absolute Gasteiger partial charge is 0.355 e. The summed E-state index contributed by atoms with van der Waals surface area (Å²) in [7, 11) is 0. The number of hydrogen-bond acceptors (Lipinski definition) is 5. The van der Waals surface area contributed by atoms with Gasteiger partial charge in [-0.1, -0.05) is 43.8 Å². The molecule has 0 atom stereocenters. The van der Waals surface area contributed by atoms with E-state index in [1.165, 1.54) is 11.8 Å². The van der Waals surface area contributed by atoms with Gasteiger partial charge in [0, 0.05) is 17.4 Å². The van der Waals surface area contributed by atoms with Gasteiger partial charge in [0.25, 0.3) is 0 Å². The SMILES string of the molecule is CC(C)CNC(=O)CSc1nnc2c(n1)[nH]c1ccccc12. The van der Waals surface area contributed by atoms with E-state index >= 15 is 0 Å². The molecule has 6 nitrogen and oxygen atoms in total. The van der Waals surface area contributed by atoms with Gasteiger partial charge in [0.05, 0.1) is 5.75 Å². The topological polar surface area (TPSA) is 83.6 Å². The average molecular weight is 315 g/mol. The van der Waals surface area contributed by atoms with E-state index in [1.54, 1.807) is 0 Å². The predicted octanol–water partition coefficient (Wildman–Crippen LogP) is 2.37. The smallest absolute Gasteiger partial charge is 0.230 e. The number of H-pyrrole nitrogens is 1. The second kappa shape index (κ2) is 6.31. The Morgan fingerprint density at radius 3 is 2.95 bits per heavy atom. The zero-order valence-electron chi connectivity index (χ0n) is 12.5. The highest BCUT2D eigenvalue weighted by Gasteiger charge is 2.10. The number of para-hydroxylation sites is 1. The van der Waals surface area contributed by atoms with Gasteiger partial charge in [0.1, 0.15) is 5.52 Å². The summed E-state index contributed by atoms with van der Waals surface area (Å²) in [5.74, 6) is 0.716. The maximum absolute atomic E-state index is 11.7. The third kappa shape index (κ3) is 3.19. The van der Waals surface area contributed by atoms with Gasteiger partial charge >= 0.3 is 0 Å². The number of rotatable bonds is 5. The van der Waals surface area contributed by atoms with Crippen LogP contribution in [0.15, 0.2) is 29.4 Å². The number of fused-ring (bicyclic) bond motifs is 3. The highest BCUT2D eigenvalue weighted by atomic mass is 32.2. The summed E-state index contributed by atoms with van der Waals surface area (Å²) < 4.78 is 0. The molecule has 3 rings (SSSR count). The molecule has 2 aromatic heterocycles. The highest BCUT2D eigenvalue weighted by Crippen LogP contribution is 2.23. The molecule has 1 amide bonds. The number of nitrogens with one attached hydrogen (secondary N) is 2. The Morgan fingerprint density at radius 2 is 2.14 bits per heavy atom. The zero-order chi connectivity index (χ0) is 15.5. The summed E-state index contributed by atoms with van der Waals surface area (Å²) in [6.45, 7) is 4.80. The minimum atomic E-state index is -0.0148. The molecule has 114 valence electrons. The fourth-order valence-electron chi connectivity index (χ4n) is 2.07. The van der Waals surface area contributed by atoms with Crippen molar-refractivity contribution >= 4 is 39.7 Å². The van der Waals surface area contributed by atoms with Crippen LogP contribution < -0.4 is 5.32 Å². The predicted molar refractivity (Wildman–Crippen MR) is 87.8 cm³/mol. The van der Waals surface area contributed by atoms with Crippen LogP contribution in [0.1, 0.15) is 13.8 Å². The molecule has 0 aliphatic rings. The molecule has 1 aromatic carbocycles. The van der Waals surface area contributed by atoms with Crippen molar-refractivity contribution in [2.24, 2.45) is 5.92 Å². The summed E-state index contributed by atoms with van der Waals surface area (Å²) in [6, 6.07) is 7.88. The number of benzene rings is 1. The van der Waals surface area contributed by atoms with E-state index < -0.39 is 0 Å². The Kier molecular flexibility index (Phi) is 4.24. The van der Waals surface area contributed by atoms with Crippen molar-refractivity contribution in [1.29, 1.82) is 0 Å². The number of carbonyl (C=O) groups is 1. The van der Waals surface area contributed by atoms with Gasteiger partial charge in [-0.2, -0.15) is 0 Å². The molecule has 0 spiro atoms. The lowest BCUT2D eigenvalue weighted by molar-refractivity contribution is -0.118. The Labute approximate surface area is 132 Å². The second-order valence-corrected chi connectivity index (χ2v) is 6.39. The van der Waals surface area contributed by atoms with Crippen molar-refractivity contribution in [2.45, 2.75) is 19.0 Å². The van der Waals surface area contributed by atoms with Crippen molar-refractivity contribution in [2.75, 3.05) is 12.3 Å². The Morgan fingerprint density at radius 1 is 1.32 bits per heavy atom. The van der Waals surface area contributed by atoms with E-state index in [0.29, 0.717) is 29.0 Å². The second-order valence-electron chi connectivity index (χ2n) is 5.45. The van der Waals surface area contributed by atoms with Crippen molar-refractivity contribution in [3.05, 3.63) is 24.3 Å². The van der Waals surface area contributed by atoms with Crippen LogP contribution in [0.25, 0.3) is 22.1 Å². The van der Waals surface area contributed by atoms with Crippen LogP contribution >= 0.6 is 11.8 Å². The molecular weight excluding hydrogens is 298 g/mol. The summed E-state index contributed by atoms with van der Waals surface area (Å²) >= 11 is 1.29. The fraction of sp³-hybridized carbons (Fsp3) is 0.333. The van der Waals surface area contributed by atoms with E-state index in [2.05, 4.69) is 39.3 Å². The highest BCUT2D eigenvalue weighted by molar-refractivity contribution is 7.99. The molecule has 0 saturated carbocycles. The first-order valence-electron chi connectivity index (χ1n) is 7.14. The van der Waals surface area contributed by atoms with Crippen LogP contribution in [-0.2, 0) is 4.79 Å². The van der Waals surface area contributed by atoms with Crippen molar-refractivity contribution in [3.63, 3.8) is 0 Å². The zero-order valence-corrected chi connectivity index (χ0v) is 13.3. The molecule has 2 heterocycles. The minimum Gasteiger partial charge on any atom is -0.355 e. The molecule has 0 bridgehead atoms. The van der Waals surface area contributed by atoms with E-state index in [-0.39, 0.29) is 5.91 Å². The average Bonchev–Trinajstić information content (AvgIpc) is 2.88. The molecule has 0 saturated heterocycles. The number of thioether (sulfide) groups is 1. The van der Waals surface area contributed by atoms with Gasteiger partial charge in [-0.25, -0.2) is 4.98 Å². The standard InChI is InChI=1S/C15H17N5OS/c1-9(2)7-16-12(21)8-22-15-18-14-13(19-20-15)10-5-3-4-6-11(10)17-14/h3-6,9H,7-8H2,1-2H3,(H,16,21)(H,17,18,20). The van der Waals surface area contributed by atoms with E-state index in [0.717, 1.165) is 16.4 Å². The lowest BCUT2D eigenvalue weighted by Crippen LogP contribution is -2.28. The lowest BCUT2D eigenvalue weighted by Gasteiger charge is -2.06. The van der Waals surface area contributed by atoms with Crippen LogP contribution in [-0.4, -0.2) is 38.4 Å². The number of aromatic amines is 1. The van der Waals surface area contributed by atoms with E-state index in [1.807, 2.05) is 24.3 Å².